The summed E-state index contributed by atoms with van der Waals surface area (Å²) < 4.78 is 1.59. The second-order valence-corrected chi connectivity index (χ2v) is 5.46. The second kappa shape index (κ2) is 7.60. The molecule has 0 amide bonds. The first-order valence-corrected chi connectivity index (χ1v) is 7.20. The maximum atomic E-state index is 11.5. The fraction of sp³-hybridized carbons (Fsp3) is 0.818. The van der Waals surface area contributed by atoms with Crippen LogP contribution in [-0.2, 0) is 6.54 Å². The topological polar surface area (TPSA) is 96.9 Å². The Bertz CT molecular complexity index is 404. The molecule has 0 saturated carbocycles. The van der Waals surface area contributed by atoms with E-state index in [9.17, 15) is 9.90 Å². The minimum atomic E-state index is -0.208. The summed E-state index contributed by atoms with van der Waals surface area (Å²) in [6.07, 6.45) is 2.68. The fourth-order valence-electron chi connectivity index (χ4n) is 1.73. The van der Waals surface area contributed by atoms with Gasteiger partial charge in [0, 0.05) is 12.6 Å². The Labute approximate surface area is 111 Å². The van der Waals surface area contributed by atoms with Gasteiger partial charge in [-0.15, -0.1) is 5.10 Å². The van der Waals surface area contributed by atoms with Crippen LogP contribution in [0.4, 0.5) is 0 Å². The summed E-state index contributed by atoms with van der Waals surface area (Å²) in [4.78, 5) is 11.5. The van der Waals surface area contributed by atoms with Crippen molar-refractivity contribution < 1.29 is 5.11 Å². The molecule has 6 nitrogen and oxygen atoms in total. The van der Waals surface area contributed by atoms with Crippen LogP contribution in [-0.4, -0.2) is 37.8 Å². The van der Waals surface area contributed by atoms with Crippen LogP contribution in [0.3, 0.4) is 0 Å². The molecule has 1 aromatic heterocycles. The number of nitrogens with one attached hydrogen (secondary N) is 1. The highest BCUT2D eigenvalue weighted by Gasteiger charge is 2.21. The highest BCUT2D eigenvalue weighted by molar-refractivity contribution is 7.99. The molecule has 0 radical (unpaired) electrons. The normalized spacial score (nSPS) is 14.7. The molecule has 18 heavy (non-hydrogen) atoms. The zero-order valence-corrected chi connectivity index (χ0v) is 11.7. The van der Waals surface area contributed by atoms with E-state index in [1.54, 1.807) is 4.57 Å². The van der Waals surface area contributed by atoms with E-state index in [-0.39, 0.29) is 23.6 Å². The predicted molar refractivity (Wildman–Crippen MR) is 72.8 cm³/mol. The smallest absolute Gasteiger partial charge is 0.343 e. The van der Waals surface area contributed by atoms with E-state index >= 15 is 0 Å². The maximum absolute atomic E-state index is 11.5. The van der Waals surface area contributed by atoms with E-state index in [2.05, 4.69) is 17.1 Å². The van der Waals surface area contributed by atoms with Gasteiger partial charge in [-0.25, -0.2) is 9.89 Å². The molecule has 1 rings (SSSR count). The lowest BCUT2D eigenvalue weighted by Gasteiger charge is -2.20. The zero-order valence-electron chi connectivity index (χ0n) is 10.9. The lowest BCUT2D eigenvalue weighted by atomic mass is 10.1. The molecule has 0 aliphatic carbocycles. The summed E-state index contributed by atoms with van der Waals surface area (Å²) in [5, 5.41) is 16.3. The van der Waals surface area contributed by atoms with Gasteiger partial charge in [0.05, 0.1) is 11.9 Å². The molecule has 0 saturated heterocycles. The largest absolute Gasteiger partial charge is 0.395 e. The van der Waals surface area contributed by atoms with Crippen LogP contribution < -0.4 is 11.4 Å². The van der Waals surface area contributed by atoms with Crippen molar-refractivity contribution in [2.45, 2.75) is 56.1 Å². The van der Waals surface area contributed by atoms with Crippen molar-refractivity contribution in [1.82, 2.24) is 14.8 Å². The number of nitrogens with zero attached hydrogens (tertiary/aromatic N) is 2. The van der Waals surface area contributed by atoms with E-state index in [4.69, 9.17) is 5.73 Å². The number of rotatable bonds is 8. The molecule has 4 N–H and O–H groups in total. The highest BCUT2D eigenvalue weighted by Crippen LogP contribution is 2.23. The summed E-state index contributed by atoms with van der Waals surface area (Å²) in [7, 11) is 0. The number of nitrogens with two attached hydrogens (primary N) is 1. The molecule has 1 heterocycles. The second-order valence-electron chi connectivity index (χ2n) is 4.25. The predicted octanol–water partition coefficient (Wildman–Crippen LogP) is 0.562. The number of hydrogen-bond acceptors (Lipinski definition) is 5. The third-order valence-corrected chi connectivity index (χ3v) is 4.03. The van der Waals surface area contributed by atoms with Crippen LogP contribution in [0.25, 0.3) is 0 Å². The van der Waals surface area contributed by atoms with Gasteiger partial charge >= 0.3 is 5.69 Å². The lowest BCUT2D eigenvalue weighted by Crippen LogP contribution is -2.35. The molecule has 0 bridgehead atoms. The quantitative estimate of drug-likeness (QED) is 0.602. The van der Waals surface area contributed by atoms with Gasteiger partial charge in [0.1, 0.15) is 0 Å². The van der Waals surface area contributed by atoms with Gasteiger partial charge in [-0.05, 0) is 12.8 Å². The molecular formula is C11H22N4O2S. The van der Waals surface area contributed by atoms with Crippen LogP contribution in [0.2, 0.25) is 0 Å². The SMILES string of the molecule is CCCC(N)C(CO)Sc1n[nH]c(=O)n1CCC. The van der Waals surface area contributed by atoms with Crippen molar-refractivity contribution >= 4 is 11.8 Å². The van der Waals surface area contributed by atoms with Crippen molar-refractivity contribution in [3.05, 3.63) is 10.5 Å². The Kier molecular flexibility index (Phi) is 6.45. The molecule has 1 aromatic rings. The van der Waals surface area contributed by atoms with Crippen LogP contribution in [0.1, 0.15) is 33.1 Å². The van der Waals surface area contributed by atoms with E-state index in [1.807, 2.05) is 6.92 Å². The number of aromatic amines is 1. The Balaban J connectivity index is 2.78. The minimum absolute atomic E-state index is 0.0149. The number of thioether (sulfide) groups is 1. The van der Waals surface area contributed by atoms with Gasteiger partial charge in [0.15, 0.2) is 5.16 Å². The van der Waals surface area contributed by atoms with Crippen molar-refractivity contribution in [3.8, 4) is 0 Å². The van der Waals surface area contributed by atoms with E-state index in [0.717, 1.165) is 19.3 Å². The Morgan fingerprint density at radius 2 is 2.22 bits per heavy atom. The Hall–Kier alpha value is -0.790. The average molecular weight is 274 g/mol. The molecule has 0 spiro atoms. The minimum Gasteiger partial charge on any atom is -0.395 e. The third-order valence-electron chi connectivity index (χ3n) is 2.71. The van der Waals surface area contributed by atoms with Crippen molar-refractivity contribution in [2.24, 2.45) is 5.73 Å². The molecule has 7 heteroatoms. The first kappa shape index (κ1) is 15.3. The van der Waals surface area contributed by atoms with Gasteiger partial charge in [-0.1, -0.05) is 32.0 Å². The van der Waals surface area contributed by atoms with Gasteiger partial charge in [-0.2, -0.15) is 0 Å². The summed E-state index contributed by atoms with van der Waals surface area (Å²) in [6, 6.07) is -0.0909. The third kappa shape index (κ3) is 3.86. The molecule has 0 aliphatic rings. The van der Waals surface area contributed by atoms with Crippen LogP contribution >= 0.6 is 11.8 Å². The summed E-state index contributed by atoms with van der Waals surface area (Å²) in [6.45, 7) is 4.67. The number of aliphatic hydroxyl groups is 1. The van der Waals surface area contributed by atoms with Crippen molar-refractivity contribution in [3.63, 3.8) is 0 Å². The summed E-state index contributed by atoms with van der Waals surface area (Å²) in [5.41, 5.74) is 5.80. The zero-order chi connectivity index (χ0) is 13.5. The Morgan fingerprint density at radius 1 is 1.50 bits per heavy atom. The highest BCUT2D eigenvalue weighted by atomic mass is 32.2. The summed E-state index contributed by atoms with van der Waals surface area (Å²) in [5.74, 6) is 0. The van der Waals surface area contributed by atoms with Gasteiger partial charge in [-0.3, -0.25) is 4.57 Å². The van der Waals surface area contributed by atoms with Gasteiger partial charge in [0.25, 0.3) is 0 Å². The van der Waals surface area contributed by atoms with E-state index < -0.39 is 0 Å². The first-order valence-electron chi connectivity index (χ1n) is 6.32. The van der Waals surface area contributed by atoms with Crippen molar-refractivity contribution in [2.75, 3.05) is 6.61 Å². The molecule has 0 aromatic carbocycles. The monoisotopic (exact) mass is 274 g/mol. The number of hydrogen-bond donors (Lipinski definition) is 3. The molecule has 0 fully saturated rings. The van der Waals surface area contributed by atoms with Gasteiger partial charge < -0.3 is 10.8 Å². The Morgan fingerprint density at radius 3 is 2.78 bits per heavy atom. The van der Waals surface area contributed by atoms with Crippen molar-refractivity contribution in [1.29, 1.82) is 0 Å². The van der Waals surface area contributed by atoms with E-state index in [0.29, 0.717) is 11.7 Å². The van der Waals surface area contributed by atoms with Crippen LogP contribution in [0, 0.1) is 0 Å². The number of aliphatic hydroxyl groups excluding tert-OH is 1. The fourth-order valence-corrected chi connectivity index (χ4v) is 2.78. The number of H-pyrrole nitrogens is 1. The van der Waals surface area contributed by atoms with Crippen LogP contribution in [0.5, 0.6) is 0 Å². The first-order chi connectivity index (χ1) is 8.63. The molecule has 2 atom stereocenters. The number of aromatic nitrogens is 3. The van der Waals surface area contributed by atoms with E-state index in [1.165, 1.54) is 11.8 Å². The molecule has 2 unspecified atom stereocenters. The molecule has 104 valence electrons. The average Bonchev–Trinajstić information content (AvgIpc) is 2.69. The summed E-state index contributed by atoms with van der Waals surface area (Å²) >= 11 is 1.37. The molecule has 0 aliphatic heterocycles. The van der Waals surface area contributed by atoms with Crippen LogP contribution in [0.15, 0.2) is 9.95 Å². The molecular weight excluding hydrogens is 252 g/mol. The van der Waals surface area contributed by atoms with Gasteiger partial charge in [0.2, 0.25) is 0 Å². The maximum Gasteiger partial charge on any atom is 0.343 e. The lowest BCUT2D eigenvalue weighted by molar-refractivity contribution is 0.279. The standard InChI is InChI=1S/C11H22N4O2S/c1-3-5-8(12)9(7-16)18-11-14-13-10(17)15(11)6-4-2/h8-9,16H,3-7,12H2,1-2H3,(H,13,17).